The second kappa shape index (κ2) is 86.9. The summed E-state index contributed by atoms with van der Waals surface area (Å²) in [6, 6.07) is 0. The van der Waals surface area contributed by atoms with E-state index in [-0.39, 0.29) is 52.9 Å². The van der Waals surface area contributed by atoms with Crippen LogP contribution >= 0.6 is 17.2 Å². The van der Waals surface area contributed by atoms with Gasteiger partial charge in [0.2, 0.25) is 0 Å². The van der Waals surface area contributed by atoms with Crippen molar-refractivity contribution in [2.24, 2.45) is 0 Å². The van der Waals surface area contributed by atoms with E-state index >= 15 is 0 Å². The fraction of sp³-hybridized carbons (Fsp3) is 0.833. The van der Waals surface area contributed by atoms with Gasteiger partial charge in [0, 0.05) is 0 Å². The van der Waals surface area contributed by atoms with Crippen LogP contribution < -0.4 is 9.79 Å². The van der Waals surface area contributed by atoms with E-state index in [1.54, 1.807) is 48.6 Å². The van der Waals surface area contributed by atoms with Crippen LogP contribution in [0.25, 0.3) is 0 Å². The van der Waals surface area contributed by atoms with Crippen LogP contribution in [-0.2, 0) is 87.4 Å². The summed E-state index contributed by atoms with van der Waals surface area (Å²) in [5, 5.41) is 0. The van der Waals surface area contributed by atoms with E-state index in [1.807, 2.05) is 55.4 Å². The molecule has 4 unspecified atom stereocenters. The van der Waals surface area contributed by atoms with Gasteiger partial charge in [0.1, 0.15) is 0 Å². The van der Waals surface area contributed by atoms with E-state index in [0.717, 1.165) is 25.7 Å². The Morgan fingerprint density at radius 3 is 0.479 bits per heavy atom. The third kappa shape index (κ3) is 64.2. The Bertz CT molecular complexity index is 1860. The minimum atomic E-state index is -5.50. The van der Waals surface area contributed by atoms with Crippen LogP contribution in [0.2, 0.25) is 0 Å². The molecule has 0 rings (SSSR count). The van der Waals surface area contributed by atoms with Crippen molar-refractivity contribution in [1.82, 2.24) is 0 Å². The van der Waals surface area contributed by atoms with Crippen LogP contribution in [-0.4, -0.2) is 127 Å². The maximum atomic E-state index is 11.7. The number of hydrogen-bond acceptors (Lipinski definition) is 18. The normalized spacial score (nSPS) is 13.3. The van der Waals surface area contributed by atoms with Crippen molar-refractivity contribution < 1.29 is 97.2 Å². The molecule has 117 heavy (non-hydrogen) atoms. The van der Waals surface area contributed by atoms with Crippen LogP contribution in [0.4, 0.5) is 0 Å². The largest absolute Gasteiger partial charge is 0.786 e. The predicted molar refractivity (Wildman–Crippen MR) is 487 cm³/mol. The smallest absolute Gasteiger partial charge is 0.0828 e. The first kappa shape index (κ1) is 120. The van der Waals surface area contributed by atoms with Crippen molar-refractivity contribution in [3.8, 4) is 0 Å². The Kier molecular flexibility index (Phi) is 89.0. The number of ether oxygens (including phenoxy) is 8. The van der Waals surface area contributed by atoms with Gasteiger partial charge in [0.15, 0.2) is 0 Å². The third-order valence-electron chi connectivity index (χ3n) is 21.1. The van der Waals surface area contributed by atoms with Gasteiger partial charge in [-0.2, -0.15) is 0 Å². The molecule has 0 radical (unpaired) electrons. The fourth-order valence-electron chi connectivity index (χ4n) is 13.8. The van der Waals surface area contributed by atoms with E-state index in [1.165, 1.54) is 257 Å². The van der Waals surface area contributed by atoms with Crippen molar-refractivity contribution in [2.75, 3.05) is 79.3 Å². The quantitative estimate of drug-likeness (QED) is 0.0183. The van der Waals surface area contributed by atoms with Gasteiger partial charge in [-0.15, -0.1) is 0 Å². The van der Waals surface area contributed by atoms with Gasteiger partial charge in [-0.3, -0.25) is 0 Å². The number of rotatable bonds is 92. The van der Waals surface area contributed by atoms with Gasteiger partial charge >= 0.3 is 352 Å². The molecule has 4 atom stereocenters. The molecule has 0 saturated heterocycles. The minimum absolute atomic E-state index is 0.154. The molecule has 0 aliphatic heterocycles. The van der Waals surface area contributed by atoms with E-state index in [0.29, 0.717) is 52.1 Å². The molecule has 0 amide bonds. The fourth-order valence-corrected chi connectivity index (χ4v) is 19.4. The first-order chi connectivity index (χ1) is 56.9. The molecule has 690 valence electrons. The van der Waals surface area contributed by atoms with Crippen molar-refractivity contribution >= 4 is 17.2 Å². The molecule has 0 spiro atoms. The van der Waals surface area contributed by atoms with Gasteiger partial charge in [-0.05, 0) is 25.7 Å². The monoisotopic (exact) mass is 1740 g/mol. The topological polar surface area (TPSA) is 194 Å². The van der Waals surface area contributed by atoms with Crippen LogP contribution in [0.3, 0.4) is 0 Å². The summed E-state index contributed by atoms with van der Waals surface area (Å²) in [6.07, 6.45) is 68.8. The Morgan fingerprint density at radius 1 is 0.231 bits per heavy atom. The zero-order chi connectivity index (χ0) is 87.4. The van der Waals surface area contributed by atoms with Crippen molar-refractivity contribution in [2.45, 2.75) is 439 Å². The van der Waals surface area contributed by atoms with E-state index in [9.17, 15) is 9.79 Å². The van der Waals surface area contributed by atoms with Crippen LogP contribution in [0, 0.1) is 0 Å². The predicted octanol–water partition coefficient (Wildman–Crippen LogP) is 27.9. The van der Waals surface area contributed by atoms with Crippen molar-refractivity contribution in [3.63, 3.8) is 0 Å². The summed E-state index contributed by atoms with van der Waals surface area (Å²) in [4.78, 5) is 23.4. The van der Waals surface area contributed by atoms with E-state index < -0.39 is 82.9 Å². The van der Waals surface area contributed by atoms with Crippen LogP contribution in [0.15, 0.2) is 101 Å². The number of unbranched alkanes of at least 4 members (excludes halogenated alkanes) is 40. The Balaban J connectivity index is -0.00000182. The second-order valence-electron chi connectivity index (χ2n) is 30.9. The Labute approximate surface area is 729 Å². The maximum absolute atomic E-state index is 11.7. The molecule has 21 heteroatoms. The molecule has 0 bridgehead atoms. The number of hydrogen-bond donors (Lipinski definition) is 0. The molecule has 0 aromatic rings. The standard InChI is InChI=1S/2C26H54O3P.4C11H19O3.Ti/c2*1-3-5-7-9-11-13-15-17-19-21-23-25-28-30(27)29-26-24-22-20-18-16-14-12-10-8-6-4-2;4*1-5-8-13-11(7-3,10(4)12)14-9-6-2;/h2*3-26H2,1-2H3;4*5-6,10H,1-2,7-9H2,3-4H3;/q6*-1;+6. The molecule has 0 aliphatic rings. The first-order valence-corrected chi connectivity index (χ1v) is 51.8. The molecule has 18 nitrogen and oxygen atoms in total. The molecule has 0 fully saturated rings. The molecule has 0 N–H and O–H groups in total. The minimum Gasteiger partial charge on any atom is -0.786 e. The first-order valence-electron chi connectivity index (χ1n) is 47.0. The van der Waals surface area contributed by atoms with Gasteiger partial charge in [-0.25, -0.2) is 0 Å². The molecule has 0 aliphatic carbocycles. The van der Waals surface area contributed by atoms with Gasteiger partial charge in [0.05, 0.1) is 43.6 Å². The average Bonchev–Trinajstić information content (AvgIpc) is 0.767. The molecule has 0 saturated carbocycles. The summed E-state index contributed by atoms with van der Waals surface area (Å²) >= 11 is -5.50. The maximum Gasteiger partial charge on any atom is 0.0828 e. The van der Waals surface area contributed by atoms with E-state index in [2.05, 4.69) is 80.3 Å². The van der Waals surface area contributed by atoms with Crippen LogP contribution in [0.5, 0.6) is 0 Å². The average molecular weight is 1740 g/mol. The van der Waals surface area contributed by atoms with Gasteiger partial charge in [0.25, 0.3) is 0 Å². The summed E-state index contributed by atoms with van der Waals surface area (Å²) in [5.41, 5.74) is 0. The molecule has 0 aromatic heterocycles. The molecule has 0 aromatic carbocycles. The second-order valence-corrected chi connectivity index (χ2v) is 35.9. The molecular weight excluding hydrogens is 1550 g/mol. The SMILES string of the molecule is C=CCOC(CC)(OCC=C)C(C)[O][Ti+2]([O]C(C)C(CC)(OCC=C)OCC=C)([O]C(C)C(CC)(OCC=C)OCC=C)[O]C(C)C(CC)(OCC=C)OCC=C.CCCCCCCCCCCCCOP([O-])OCCCCCCCCCCCCC.CCCCCCCCCCCCCOP([O-])OCCCCCCCCCCCCC. The van der Waals surface area contributed by atoms with Crippen LogP contribution in [0.1, 0.15) is 391 Å². The Morgan fingerprint density at radius 2 is 0.359 bits per heavy atom. The molecule has 0 heterocycles. The van der Waals surface area contributed by atoms with Gasteiger partial charge < -0.3 is 27.9 Å². The van der Waals surface area contributed by atoms with E-state index in [4.69, 9.17) is 69.3 Å². The Hall–Kier alpha value is -1.23. The zero-order valence-corrected chi connectivity index (χ0v) is 81.1. The zero-order valence-electron chi connectivity index (χ0n) is 77.8. The molecular formula is C96H184O18P2Ti. The van der Waals surface area contributed by atoms with Gasteiger partial charge in [-0.1, -0.05) is 285 Å². The third-order valence-corrected chi connectivity index (χ3v) is 26.7. The van der Waals surface area contributed by atoms with Crippen molar-refractivity contribution in [3.05, 3.63) is 101 Å². The summed E-state index contributed by atoms with van der Waals surface area (Å²) < 4.78 is 101. The summed E-state index contributed by atoms with van der Waals surface area (Å²) in [6.45, 7) is 58.4. The summed E-state index contributed by atoms with van der Waals surface area (Å²) in [5.74, 6) is -5.36. The van der Waals surface area contributed by atoms with Crippen molar-refractivity contribution in [1.29, 1.82) is 0 Å². The summed E-state index contributed by atoms with van der Waals surface area (Å²) in [7, 11) is -3.81.